The van der Waals surface area contributed by atoms with E-state index < -0.39 is 5.97 Å². The number of hydrogen-bond acceptors (Lipinski definition) is 6. The van der Waals surface area contributed by atoms with Gasteiger partial charge < -0.3 is 10.1 Å². The topological polar surface area (TPSA) is 99.0 Å². The van der Waals surface area contributed by atoms with Gasteiger partial charge >= 0.3 is 5.97 Å². The van der Waals surface area contributed by atoms with Crippen LogP contribution < -0.4 is 5.32 Å². The number of benzene rings is 2. The maximum Gasteiger partial charge on any atom is 0.338 e. The number of tetrazole rings is 1. The van der Waals surface area contributed by atoms with E-state index in [-0.39, 0.29) is 5.91 Å². The predicted molar refractivity (Wildman–Crippen MR) is 89.5 cm³/mol. The van der Waals surface area contributed by atoms with Gasteiger partial charge in [-0.2, -0.15) is 0 Å². The van der Waals surface area contributed by atoms with Gasteiger partial charge in [0.15, 0.2) is 0 Å². The van der Waals surface area contributed by atoms with Crippen molar-refractivity contribution in [2.24, 2.45) is 0 Å². The number of nitrogens with one attached hydrogen (secondary N) is 1. The second-order valence-electron chi connectivity index (χ2n) is 5.06. The fourth-order valence-corrected chi connectivity index (χ4v) is 2.21. The van der Waals surface area contributed by atoms with Crippen molar-refractivity contribution in [2.75, 3.05) is 11.9 Å². The lowest BCUT2D eigenvalue weighted by Gasteiger charge is -2.08. The Morgan fingerprint density at radius 2 is 1.92 bits per heavy atom. The van der Waals surface area contributed by atoms with Gasteiger partial charge in [-0.3, -0.25) is 4.79 Å². The van der Waals surface area contributed by atoms with Gasteiger partial charge in [0.1, 0.15) is 6.33 Å². The highest BCUT2D eigenvalue weighted by Crippen LogP contribution is 2.15. The molecule has 126 valence electrons. The lowest BCUT2D eigenvalue weighted by Crippen LogP contribution is -2.13. The summed E-state index contributed by atoms with van der Waals surface area (Å²) in [7, 11) is 0. The Kier molecular flexibility index (Phi) is 4.79. The molecule has 0 fully saturated rings. The molecule has 8 heteroatoms. The molecule has 0 unspecified atom stereocenters. The first-order valence-electron chi connectivity index (χ1n) is 7.59. The van der Waals surface area contributed by atoms with Crippen molar-refractivity contribution in [1.29, 1.82) is 0 Å². The molecule has 0 saturated heterocycles. The first-order chi connectivity index (χ1) is 12.2. The fraction of sp³-hybridized carbons (Fsp3) is 0.118. The van der Waals surface area contributed by atoms with E-state index in [0.717, 1.165) is 0 Å². The van der Waals surface area contributed by atoms with E-state index in [1.54, 1.807) is 55.5 Å². The Balaban J connectivity index is 1.78. The lowest BCUT2D eigenvalue weighted by atomic mass is 10.1. The molecule has 0 aliphatic heterocycles. The van der Waals surface area contributed by atoms with E-state index in [1.807, 2.05) is 0 Å². The smallest absolute Gasteiger partial charge is 0.338 e. The zero-order valence-electron chi connectivity index (χ0n) is 13.4. The van der Waals surface area contributed by atoms with Gasteiger partial charge in [0.25, 0.3) is 5.91 Å². The van der Waals surface area contributed by atoms with E-state index in [1.165, 1.54) is 11.0 Å². The molecule has 0 aliphatic carbocycles. The number of aromatic nitrogens is 4. The van der Waals surface area contributed by atoms with E-state index in [9.17, 15) is 9.59 Å². The SMILES string of the molecule is CCOC(=O)c1cccc(NC(=O)c2cccc(-n3cnnn3)c2)c1. The molecule has 3 rings (SSSR count). The van der Waals surface area contributed by atoms with E-state index in [2.05, 4.69) is 20.8 Å². The van der Waals surface area contributed by atoms with Crippen LogP contribution in [0.5, 0.6) is 0 Å². The molecule has 0 spiro atoms. The third-order valence-electron chi connectivity index (χ3n) is 3.35. The summed E-state index contributed by atoms with van der Waals surface area (Å²) in [6.45, 7) is 2.03. The van der Waals surface area contributed by atoms with Crippen LogP contribution in [-0.2, 0) is 4.74 Å². The van der Waals surface area contributed by atoms with Crippen molar-refractivity contribution in [3.05, 3.63) is 66.0 Å². The highest BCUT2D eigenvalue weighted by atomic mass is 16.5. The van der Waals surface area contributed by atoms with Crippen molar-refractivity contribution in [3.63, 3.8) is 0 Å². The van der Waals surface area contributed by atoms with Crippen LogP contribution >= 0.6 is 0 Å². The molecule has 1 amide bonds. The summed E-state index contributed by atoms with van der Waals surface area (Å²) in [5.41, 5.74) is 1.98. The average molecular weight is 337 g/mol. The van der Waals surface area contributed by atoms with Crippen LogP contribution in [0.25, 0.3) is 5.69 Å². The number of anilines is 1. The molecular weight excluding hydrogens is 322 g/mol. The summed E-state index contributed by atoms with van der Waals surface area (Å²) in [4.78, 5) is 24.2. The van der Waals surface area contributed by atoms with Crippen LogP contribution in [0, 0.1) is 0 Å². The Bertz CT molecular complexity index is 893. The number of esters is 1. The van der Waals surface area contributed by atoms with E-state index in [4.69, 9.17) is 4.74 Å². The van der Waals surface area contributed by atoms with Gasteiger partial charge in [-0.25, -0.2) is 9.48 Å². The third-order valence-corrected chi connectivity index (χ3v) is 3.35. The average Bonchev–Trinajstić information content (AvgIpc) is 3.17. The highest BCUT2D eigenvalue weighted by Gasteiger charge is 2.11. The van der Waals surface area contributed by atoms with E-state index >= 15 is 0 Å². The van der Waals surface area contributed by atoms with Gasteiger partial charge in [-0.15, -0.1) is 5.10 Å². The van der Waals surface area contributed by atoms with Crippen molar-refractivity contribution in [3.8, 4) is 5.69 Å². The monoisotopic (exact) mass is 337 g/mol. The lowest BCUT2D eigenvalue weighted by molar-refractivity contribution is 0.0526. The van der Waals surface area contributed by atoms with Crippen LogP contribution in [0.15, 0.2) is 54.9 Å². The van der Waals surface area contributed by atoms with Gasteiger partial charge in [-0.1, -0.05) is 12.1 Å². The molecule has 2 aromatic carbocycles. The number of amides is 1. The normalized spacial score (nSPS) is 10.3. The molecule has 1 heterocycles. The Hall–Kier alpha value is -3.55. The summed E-state index contributed by atoms with van der Waals surface area (Å²) < 4.78 is 6.41. The highest BCUT2D eigenvalue weighted by molar-refractivity contribution is 6.05. The Morgan fingerprint density at radius 3 is 2.68 bits per heavy atom. The second kappa shape index (κ2) is 7.35. The molecule has 3 aromatic rings. The Morgan fingerprint density at radius 1 is 1.12 bits per heavy atom. The minimum atomic E-state index is -0.431. The van der Waals surface area contributed by atoms with Crippen LogP contribution in [0.2, 0.25) is 0 Å². The maximum absolute atomic E-state index is 12.5. The van der Waals surface area contributed by atoms with Crippen molar-refractivity contribution in [1.82, 2.24) is 20.2 Å². The minimum Gasteiger partial charge on any atom is -0.462 e. The van der Waals surface area contributed by atoms with Crippen molar-refractivity contribution >= 4 is 17.6 Å². The summed E-state index contributed by atoms with van der Waals surface area (Å²) in [5, 5.41) is 13.7. The molecular formula is C17H15N5O3. The molecule has 25 heavy (non-hydrogen) atoms. The Labute approximate surface area is 143 Å². The van der Waals surface area contributed by atoms with Gasteiger partial charge in [0.2, 0.25) is 0 Å². The molecule has 1 N–H and O–H groups in total. The van der Waals surface area contributed by atoms with Gasteiger partial charge in [0, 0.05) is 11.3 Å². The number of nitrogens with zero attached hydrogens (tertiary/aromatic N) is 4. The van der Waals surface area contributed by atoms with Crippen LogP contribution in [0.1, 0.15) is 27.6 Å². The van der Waals surface area contributed by atoms with Crippen LogP contribution in [-0.4, -0.2) is 38.7 Å². The fourth-order valence-electron chi connectivity index (χ4n) is 2.21. The summed E-state index contributed by atoms with van der Waals surface area (Å²) in [5.74, 6) is -0.741. The predicted octanol–water partition coefficient (Wildman–Crippen LogP) is 2.09. The van der Waals surface area contributed by atoms with Gasteiger partial charge in [0.05, 0.1) is 17.9 Å². The van der Waals surface area contributed by atoms with E-state index in [0.29, 0.717) is 29.1 Å². The summed E-state index contributed by atoms with van der Waals surface area (Å²) in [6, 6.07) is 13.5. The molecule has 1 aromatic heterocycles. The molecule has 0 aliphatic rings. The maximum atomic E-state index is 12.5. The molecule has 0 atom stereocenters. The van der Waals surface area contributed by atoms with Crippen LogP contribution in [0.3, 0.4) is 0 Å². The summed E-state index contributed by atoms with van der Waals surface area (Å²) >= 11 is 0. The third kappa shape index (κ3) is 3.86. The molecule has 0 saturated carbocycles. The standard InChI is InChI=1S/C17H15N5O3/c1-2-25-17(24)13-6-3-7-14(9-13)19-16(23)12-5-4-8-15(10-12)22-11-18-20-21-22/h3-11H,2H2,1H3,(H,19,23). The number of rotatable bonds is 5. The first kappa shape index (κ1) is 16.3. The summed E-state index contributed by atoms with van der Waals surface area (Å²) in [6.07, 6.45) is 1.44. The van der Waals surface area contributed by atoms with Crippen molar-refractivity contribution < 1.29 is 14.3 Å². The largest absolute Gasteiger partial charge is 0.462 e. The molecule has 0 bridgehead atoms. The minimum absolute atomic E-state index is 0.291. The first-order valence-corrected chi connectivity index (χ1v) is 7.59. The quantitative estimate of drug-likeness (QED) is 0.716. The zero-order valence-corrected chi connectivity index (χ0v) is 13.4. The number of hydrogen-bond donors (Lipinski definition) is 1. The van der Waals surface area contributed by atoms with Crippen molar-refractivity contribution in [2.45, 2.75) is 6.92 Å². The molecule has 8 nitrogen and oxygen atoms in total. The molecule has 0 radical (unpaired) electrons. The van der Waals surface area contributed by atoms with Crippen LogP contribution in [0.4, 0.5) is 5.69 Å². The number of carbonyl (C=O) groups excluding carboxylic acids is 2. The zero-order chi connectivity index (χ0) is 17.6. The number of carbonyl (C=O) groups is 2. The number of ether oxygens (including phenoxy) is 1. The second-order valence-corrected chi connectivity index (χ2v) is 5.06. The van der Waals surface area contributed by atoms with Gasteiger partial charge in [-0.05, 0) is 53.7 Å².